The van der Waals surface area contributed by atoms with Gasteiger partial charge >= 0.3 is 0 Å². The summed E-state index contributed by atoms with van der Waals surface area (Å²) in [6.07, 6.45) is 4.04. The van der Waals surface area contributed by atoms with Gasteiger partial charge in [0.05, 0.1) is 44.1 Å². The zero-order chi connectivity index (χ0) is 34.0. The van der Waals surface area contributed by atoms with Crippen LogP contribution in [0.4, 0.5) is 22.9 Å². The molecule has 1 aromatic heterocycles. The van der Waals surface area contributed by atoms with Gasteiger partial charge in [-0.15, -0.1) is 15.3 Å². The average molecular weight is 649 g/mol. The molecule has 0 saturated carbocycles. The fourth-order valence-electron chi connectivity index (χ4n) is 4.31. The van der Waals surface area contributed by atoms with Crippen molar-refractivity contribution in [3.8, 4) is 29.1 Å². The lowest BCUT2D eigenvalue weighted by Crippen LogP contribution is -2.02. The predicted octanol–water partition coefficient (Wildman–Crippen LogP) is 8.81. The average Bonchev–Trinajstić information content (AvgIpc) is 3.13. The Kier molecular flexibility index (Phi) is 13.7. The molecule has 0 atom stereocenters. The molecule has 0 aliphatic heterocycles. The first-order valence-corrected chi connectivity index (χ1v) is 15.7. The summed E-state index contributed by atoms with van der Waals surface area (Å²) in [6.45, 7) is 5.44. The van der Waals surface area contributed by atoms with Crippen LogP contribution in [0.15, 0.2) is 95.3 Å². The van der Waals surface area contributed by atoms with Crippen LogP contribution in [0.5, 0.6) is 23.0 Å². The van der Waals surface area contributed by atoms with Gasteiger partial charge in [0.15, 0.2) is 28.8 Å². The number of aromatic nitrogens is 3. The number of nitrogens with one attached hydrogen (secondary N) is 2. The third-order valence-corrected chi connectivity index (χ3v) is 6.89. The van der Waals surface area contributed by atoms with Crippen LogP contribution in [0.1, 0.15) is 45.1 Å². The van der Waals surface area contributed by atoms with Crippen molar-refractivity contribution in [2.24, 2.45) is 10.3 Å². The van der Waals surface area contributed by atoms with Crippen molar-refractivity contribution in [2.45, 2.75) is 39.5 Å². The van der Waals surface area contributed by atoms with Crippen molar-refractivity contribution in [2.75, 3.05) is 38.2 Å². The molecule has 12 nitrogen and oxygen atoms in total. The Balaban J connectivity index is 0.000000217. The predicted molar refractivity (Wildman–Crippen MR) is 187 cm³/mol. The summed E-state index contributed by atoms with van der Waals surface area (Å²) >= 11 is 0. The van der Waals surface area contributed by atoms with Crippen LogP contribution >= 0.6 is 0 Å². The molecule has 0 fully saturated rings. The summed E-state index contributed by atoms with van der Waals surface area (Å²) in [6, 6.07) is 28.4. The zero-order valence-corrected chi connectivity index (χ0v) is 27.6. The minimum absolute atomic E-state index is 0.369. The number of para-hydroxylation sites is 2. The fraction of sp³-hybridized carbons (Fsp3) is 0.278. The van der Waals surface area contributed by atoms with Crippen LogP contribution in [0.25, 0.3) is 10.9 Å². The van der Waals surface area contributed by atoms with E-state index in [1.54, 1.807) is 26.4 Å². The summed E-state index contributed by atoms with van der Waals surface area (Å²) in [5.41, 5.74) is 6.06. The van der Waals surface area contributed by atoms with E-state index in [4.69, 9.17) is 18.9 Å². The third-order valence-electron chi connectivity index (χ3n) is 6.89. The number of fused-ring (bicyclic) bond motifs is 1. The quantitative estimate of drug-likeness (QED) is 0.0641. The minimum Gasteiger partial charge on any atom is -0.493 e. The Morgan fingerprint density at radius 3 is 1.94 bits per heavy atom. The largest absolute Gasteiger partial charge is 0.493 e. The number of unbranched alkanes of at least 4 members (excludes halogenated alkanes) is 2. The number of nitrogens with zero attached hydrogens (tertiary/aromatic N) is 6. The number of methoxy groups -OCH3 is 2. The number of rotatable bonds is 15. The summed E-state index contributed by atoms with van der Waals surface area (Å²) in [4.78, 5) is 0. The Morgan fingerprint density at radius 2 is 1.33 bits per heavy atom. The highest BCUT2D eigenvalue weighted by Gasteiger charge is 2.13. The Bertz CT molecular complexity index is 1800. The second-order valence-corrected chi connectivity index (χ2v) is 10.4. The van der Waals surface area contributed by atoms with Crippen molar-refractivity contribution in [1.29, 1.82) is 5.26 Å². The van der Waals surface area contributed by atoms with Gasteiger partial charge in [0.25, 0.3) is 0 Å². The molecule has 0 radical (unpaired) electrons. The lowest BCUT2D eigenvalue weighted by Gasteiger charge is -2.13. The maximum atomic E-state index is 9.29. The highest BCUT2D eigenvalue weighted by molar-refractivity contribution is 5.92. The van der Waals surface area contributed by atoms with E-state index >= 15 is 0 Å². The van der Waals surface area contributed by atoms with E-state index in [0.29, 0.717) is 58.8 Å². The van der Waals surface area contributed by atoms with E-state index in [0.717, 1.165) is 42.4 Å². The fourth-order valence-corrected chi connectivity index (χ4v) is 4.31. The molecule has 12 heteroatoms. The van der Waals surface area contributed by atoms with Crippen LogP contribution in [-0.4, -0.2) is 42.8 Å². The molecule has 4 aromatic carbocycles. The lowest BCUT2D eigenvalue weighted by atomic mass is 10.1. The molecule has 0 unspecified atom stereocenters. The van der Waals surface area contributed by atoms with E-state index in [2.05, 4.69) is 56.4 Å². The Morgan fingerprint density at radius 1 is 0.729 bits per heavy atom. The number of ether oxygens (including phenoxy) is 4. The van der Waals surface area contributed by atoms with Crippen molar-refractivity contribution in [1.82, 2.24) is 15.4 Å². The van der Waals surface area contributed by atoms with Crippen molar-refractivity contribution in [3.05, 3.63) is 90.5 Å². The van der Waals surface area contributed by atoms with Gasteiger partial charge in [0.2, 0.25) is 0 Å². The van der Waals surface area contributed by atoms with Crippen molar-refractivity contribution in [3.63, 3.8) is 0 Å². The number of nitriles is 1. The SMILES string of the molecule is CCCCOc1cc(N=NNc2ccccc2)c(C#N)cc1OC.CCCCOc1cc2nnnc(Nc3ccccc3)c2cc1OC. The summed E-state index contributed by atoms with van der Waals surface area (Å²) < 4.78 is 22.3. The molecule has 0 aliphatic rings. The standard InChI is InChI=1S/2C18H20N4O2/c1-3-4-10-24-17-12-15-14(11-16(17)23-2)18(21-22-20-15)19-13-8-6-5-7-9-13;1-3-4-10-24-18-12-16(14(13-19)11-17(18)23-2)21-22-20-15-8-6-5-7-9-15/h5-9,11-12H,3-4,10H2,1-2H3,(H,19,20,21);5-9,11-12H,3-4,10H2,1-2H3,(H,20,21). The maximum absolute atomic E-state index is 9.29. The molecule has 5 rings (SSSR count). The number of hydrogen-bond donors (Lipinski definition) is 2. The van der Waals surface area contributed by atoms with Gasteiger partial charge in [-0.25, -0.2) is 0 Å². The van der Waals surface area contributed by atoms with Gasteiger partial charge in [-0.05, 0) is 48.4 Å². The lowest BCUT2D eigenvalue weighted by molar-refractivity contribution is 0.288. The first-order valence-electron chi connectivity index (χ1n) is 15.7. The summed E-state index contributed by atoms with van der Waals surface area (Å²) in [5.74, 6) is 3.02. The first kappa shape index (κ1) is 34.9. The van der Waals surface area contributed by atoms with E-state index < -0.39 is 0 Å². The molecule has 2 N–H and O–H groups in total. The van der Waals surface area contributed by atoms with Gasteiger partial charge < -0.3 is 24.3 Å². The van der Waals surface area contributed by atoms with E-state index in [9.17, 15) is 5.26 Å². The molecule has 48 heavy (non-hydrogen) atoms. The molecule has 0 bridgehead atoms. The third kappa shape index (κ3) is 10.0. The Hall–Kier alpha value is -5.96. The topological polar surface area (TPSA) is 148 Å². The maximum Gasteiger partial charge on any atom is 0.164 e. The van der Waals surface area contributed by atoms with Crippen molar-refractivity contribution >= 4 is 33.8 Å². The van der Waals surface area contributed by atoms with Gasteiger partial charge in [-0.2, -0.15) is 5.26 Å². The van der Waals surface area contributed by atoms with Crippen LogP contribution in [-0.2, 0) is 0 Å². The molecule has 248 valence electrons. The van der Waals surface area contributed by atoms with E-state index in [1.165, 1.54) is 0 Å². The van der Waals surface area contributed by atoms with Gasteiger partial charge in [0, 0.05) is 23.9 Å². The number of hydrogen-bond acceptors (Lipinski definition) is 11. The van der Waals surface area contributed by atoms with Crippen LogP contribution in [0, 0.1) is 11.3 Å². The van der Waals surface area contributed by atoms with Crippen molar-refractivity contribution < 1.29 is 18.9 Å². The van der Waals surface area contributed by atoms with E-state index in [-0.39, 0.29) is 0 Å². The second kappa shape index (κ2) is 18.9. The summed E-state index contributed by atoms with van der Waals surface area (Å²) in [7, 11) is 3.17. The van der Waals surface area contributed by atoms with Crippen LogP contribution in [0.3, 0.4) is 0 Å². The Labute approximate surface area is 280 Å². The van der Waals surface area contributed by atoms with Gasteiger partial charge in [-0.1, -0.05) is 68.3 Å². The molecule has 0 spiro atoms. The molecular weight excluding hydrogens is 608 g/mol. The highest BCUT2D eigenvalue weighted by atomic mass is 16.5. The van der Waals surface area contributed by atoms with Crippen LogP contribution < -0.4 is 29.7 Å². The molecule has 0 aliphatic carbocycles. The number of anilines is 3. The molecular formula is C36H40N8O4. The molecule has 0 amide bonds. The highest BCUT2D eigenvalue weighted by Crippen LogP contribution is 2.36. The van der Waals surface area contributed by atoms with Gasteiger partial charge in [-0.3, -0.25) is 5.43 Å². The molecule has 5 aromatic rings. The smallest absolute Gasteiger partial charge is 0.164 e. The first-order chi connectivity index (χ1) is 23.6. The second-order valence-electron chi connectivity index (χ2n) is 10.4. The monoisotopic (exact) mass is 648 g/mol. The zero-order valence-electron chi connectivity index (χ0n) is 27.6. The minimum atomic E-state index is 0.369. The molecule has 0 saturated heterocycles. The van der Waals surface area contributed by atoms with Gasteiger partial charge in [0.1, 0.15) is 17.3 Å². The molecule has 1 heterocycles. The normalized spacial score (nSPS) is 10.5. The number of benzene rings is 4. The van der Waals surface area contributed by atoms with Crippen LogP contribution in [0.2, 0.25) is 0 Å². The van der Waals surface area contributed by atoms with E-state index in [1.807, 2.05) is 72.8 Å². The summed E-state index contributed by atoms with van der Waals surface area (Å²) in [5, 5.41) is 33.5.